The van der Waals surface area contributed by atoms with Crippen LogP contribution in [0.15, 0.2) is 183 Å². The van der Waals surface area contributed by atoms with Gasteiger partial charge in [-0.3, -0.25) is 9.36 Å². The van der Waals surface area contributed by atoms with E-state index >= 15 is 0 Å². The molecule has 4 aliphatic rings. The summed E-state index contributed by atoms with van der Waals surface area (Å²) in [4.78, 5) is 27.4. The molecule has 1 N–H and O–H groups in total. The van der Waals surface area contributed by atoms with Gasteiger partial charge in [0.25, 0.3) is 14.4 Å². The van der Waals surface area contributed by atoms with Crippen LogP contribution in [0.2, 0.25) is 12.6 Å². The minimum Gasteiger partial charge on any atom is -0.497 e. The highest BCUT2D eigenvalue weighted by molar-refractivity contribution is 7.45. The number of benzene rings is 6. The van der Waals surface area contributed by atoms with Crippen LogP contribution in [-0.2, 0) is 28.9 Å². The number of imidazole rings is 1. The lowest BCUT2D eigenvalue weighted by atomic mass is 9.79. The first kappa shape index (κ1) is 48.3. The van der Waals surface area contributed by atoms with E-state index < -0.39 is 46.2 Å². The van der Waals surface area contributed by atoms with Gasteiger partial charge in [-0.15, -0.1) is 0 Å². The number of rotatable bonds is 17. The Labute approximate surface area is 432 Å². The Balaban J connectivity index is 0.929. The fourth-order valence-electron chi connectivity index (χ4n) is 11.5. The van der Waals surface area contributed by atoms with Gasteiger partial charge in [-0.05, 0) is 72.0 Å². The second-order valence-electron chi connectivity index (χ2n) is 19.6. The molecule has 0 spiro atoms. The lowest BCUT2D eigenvalue weighted by Gasteiger charge is -2.40. The molecule has 0 unspecified atom stereocenters. The van der Waals surface area contributed by atoms with E-state index in [-0.39, 0.29) is 37.1 Å². The highest BCUT2D eigenvalue weighted by Gasteiger charge is 2.66. The van der Waals surface area contributed by atoms with Crippen molar-refractivity contribution >= 4 is 49.9 Å². The summed E-state index contributed by atoms with van der Waals surface area (Å²) in [7, 11) is -0.574. The molecule has 14 nitrogen and oxygen atoms in total. The largest absolute Gasteiger partial charge is 0.497 e. The summed E-state index contributed by atoms with van der Waals surface area (Å²) in [6, 6.07) is 58.2. The van der Waals surface area contributed by atoms with Crippen molar-refractivity contribution in [1.82, 2.24) is 24.2 Å². The standard InChI is InChI=1S/C58H57N6O8PSi/c1-66-44-30-26-42(27-31-44)58(41-19-10-5-11-20-41,43-28-32-45(67-2)33-29-43)69-37-57-36-68-51(56(70-57)63-39-61-50-53(59-38-60-54(50)63)62-55(65)40-17-8-4-9-18-40)52(57)72-73-64-34-16-25-48(64)49(71-73)35-74(3,46-21-12-6-13-22-46)47-23-14-7-15-24-47/h4-15,17-24,26-33,38-39,48-49,51-52,56H,16,25,34-37H2,1-3H3,(H,59,60,62,65)/t48-,49+,51-,52+,56-,57-,73-/m1/s1. The molecule has 6 aromatic carbocycles. The molecule has 2 aromatic heterocycles. The van der Waals surface area contributed by atoms with Gasteiger partial charge in [0.05, 0.1) is 39.9 Å². The highest BCUT2D eigenvalue weighted by atomic mass is 31.2. The van der Waals surface area contributed by atoms with E-state index in [2.05, 4.69) is 94.3 Å². The summed E-state index contributed by atoms with van der Waals surface area (Å²) in [5.41, 5.74) is 1.70. The van der Waals surface area contributed by atoms with Crippen LogP contribution in [0.3, 0.4) is 0 Å². The van der Waals surface area contributed by atoms with Crippen molar-refractivity contribution in [3.05, 3.63) is 205 Å². The van der Waals surface area contributed by atoms with Gasteiger partial charge >= 0.3 is 0 Å². The number of aromatic nitrogens is 4. The van der Waals surface area contributed by atoms with Crippen molar-refractivity contribution in [2.45, 2.75) is 67.2 Å². The molecule has 16 heteroatoms. The average Bonchev–Trinajstić information content (AvgIpc) is 4.31. The van der Waals surface area contributed by atoms with E-state index in [1.54, 1.807) is 32.7 Å². The highest BCUT2D eigenvalue weighted by Crippen LogP contribution is 2.61. The normalized spacial score (nSPS) is 23.5. The Kier molecular flexibility index (Phi) is 13.2. The average molecular weight is 1030 g/mol. The van der Waals surface area contributed by atoms with E-state index in [1.807, 2.05) is 89.5 Å². The lowest BCUT2D eigenvalue weighted by molar-refractivity contribution is -0.201. The number of ether oxygens (including phenoxy) is 5. The third kappa shape index (κ3) is 8.60. The summed E-state index contributed by atoms with van der Waals surface area (Å²) in [5, 5.41) is 5.70. The fraction of sp³-hybridized carbons (Fsp3) is 0.276. The third-order valence-electron chi connectivity index (χ3n) is 15.4. The maximum absolute atomic E-state index is 13.4. The van der Waals surface area contributed by atoms with Gasteiger partial charge in [-0.25, -0.2) is 19.6 Å². The van der Waals surface area contributed by atoms with E-state index in [9.17, 15) is 4.79 Å². The zero-order chi connectivity index (χ0) is 50.3. The number of methoxy groups -OCH3 is 2. The minimum absolute atomic E-state index is 0.0423. The first-order valence-electron chi connectivity index (χ1n) is 25.1. The van der Waals surface area contributed by atoms with Crippen LogP contribution >= 0.6 is 8.53 Å². The van der Waals surface area contributed by atoms with Gasteiger partial charge < -0.3 is 38.0 Å². The number of hydrogen-bond acceptors (Lipinski definition) is 12. The summed E-state index contributed by atoms with van der Waals surface area (Å²) in [5.74, 6) is 1.41. The van der Waals surface area contributed by atoms with Gasteiger partial charge in [0.2, 0.25) is 0 Å². The number of nitrogens with zero attached hydrogens (tertiary/aromatic N) is 5. The zero-order valence-electron chi connectivity index (χ0n) is 41.4. The molecular weight excluding hydrogens is 968 g/mol. The first-order valence-corrected chi connectivity index (χ1v) is 29.0. The molecule has 4 saturated heterocycles. The Bertz CT molecular complexity index is 3130. The smallest absolute Gasteiger partial charge is 0.259 e. The number of anilines is 1. The van der Waals surface area contributed by atoms with Gasteiger partial charge in [-0.1, -0.05) is 150 Å². The zero-order valence-corrected chi connectivity index (χ0v) is 43.3. The molecule has 7 atom stereocenters. The molecule has 376 valence electrons. The summed E-state index contributed by atoms with van der Waals surface area (Å²) < 4.78 is 52.5. The van der Waals surface area contributed by atoms with Crippen LogP contribution in [0, 0.1) is 0 Å². The molecule has 6 heterocycles. The monoisotopic (exact) mass is 1020 g/mol. The van der Waals surface area contributed by atoms with Gasteiger partial charge in [0.15, 0.2) is 23.2 Å². The molecule has 12 rings (SSSR count). The van der Waals surface area contributed by atoms with Crippen LogP contribution in [0.1, 0.15) is 46.1 Å². The lowest BCUT2D eigenvalue weighted by Crippen LogP contribution is -2.58. The van der Waals surface area contributed by atoms with Crippen LogP contribution in [-0.4, -0.2) is 102 Å². The number of carbonyl (C=O) groups excluding carboxylic acids is 1. The quantitative estimate of drug-likeness (QED) is 0.0529. The van der Waals surface area contributed by atoms with Crippen molar-refractivity contribution in [2.24, 2.45) is 0 Å². The van der Waals surface area contributed by atoms with Crippen molar-refractivity contribution in [1.29, 1.82) is 0 Å². The number of amides is 1. The molecule has 0 saturated carbocycles. The van der Waals surface area contributed by atoms with Gasteiger partial charge in [0.1, 0.15) is 49.3 Å². The number of carbonyl (C=O) groups is 1. The molecule has 4 aliphatic heterocycles. The predicted octanol–water partition coefficient (Wildman–Crippen LogP) is 9.14. The fourth-order valence-corrected chi connectivity index (χ4v) is 17.5. The molecule has 1 amide bonds. The van der Waals surface area contributed by atoms with Crippen molar-refractivity contribution in [3.8, 4) is 11.5 Å². The Morgan fingerprint density at radius 3 is 1.99 bits per heavy atom. The molecule has 0 aliphatic carbocycles. The summed E-state index contributed by atoms with van der Waals surface area (Å²) in [6.45, 7) is 3.55. The van der Waals surface area contributed by atoms with E-state index in [4.69, 9.17) is 42.7 Å². The van der Waals surface area contributed by atoms with Gasteiger partial charge in [-0.2, -0.15) is 0 Å². The van der Waals surface area contributed by atoms with Gasteiger partial charge in [0, 0.05) is 18.2 Å². The van der Waals surface area contributed by atoms with Crippen molar-refractivity contribution in [3.63, 3.8) is 0 Å². The maximum Gasteiger partial charge on any atom is 0.259 e. The maximum atomic E-state index is 13.4. The number of fused-ring (bicyclic) bond motifs is 4. The Hall–Kier alpha value is -6.65. The van der Waals surface area contributed by atoms with E-state index in [1.165, 1.54) is 16.7 Å². The predicted molar refractivity (Wildman–Crippen MR) is 286 cm³/mol. The Morgan fingerprint density at radius 1 is 0.770 bits per heavy atom. The van der Waals surface area contributed by atoms with Crippen LogP contribution < -0.4 is 25.2 Å². The minimum atomic E-state index is -2.31. The molecule has 74 heavy (non-hydrogen) atoms. The summed E-state index contributed by atoms with van der Waals surface area (Å²) in [6.07, 6.45) is 3.04. The van der Waals surface area contributed by atoms with Crippen molar-refractivity contribution < 1.29 is 37.5 Å². The van der Waals surface area contributed by atoms with E-state index in [0.717, 1.165) is 53.6 Å². The van der Waals surface area contributed by atoms with Crippen LogP contribution in [0.5, 0.6) is 11.5 Å². The van der Waals surface area contributed by atoms with Crippen LogP contribution in [0.25, 0.3) is 11.2 Å². The van der Waals surface area contributed by atoms with E-state index in [0.29, 0.717) is 16.7 Å². The first-order chi connectivity index (χ1) is 36.3. The third-order valence-corrected chi connectivity index (χ3v) is 21.6. The second-order valence-corrected chi connectivity index (χ2v) is 25.2. The molecule has 4 fully saturated rings. The number of nitrogens with one attached hydrogen (secondary N) is 1. The SMILES string of the molecule is COc1ccc(C(OC[C@@]23CO[C@@H]([C@H](n4cnc5c(NC(=O)c6ccccc6)ncnc54)O2)[C@@H]3O[P@@]2O[C@@H](C[Si](C)(c3ccccc3)c3ccccc3)[C@H]3CCCN32)(c2ccccc2)c2ccc(OC)cc2)cc1. The van der Waals surface area contributed by atoms with Crippen LogP contribution in [0.4, 0.5) is 5.82 Å². The second kappa shape index (κ2) is 20.2. The topological polar surface area (TPSA) is 141 Å². The summed E-state index contributed by atoms with van der Waals surface area (Å²) >= 11 is 0. The molecule has 8 aromatic rings. The Morgan fingerprint density at radius 2 is 1.36 bits per heavy atom. The van der Waals surface area contributed by atoms with Crippen molar-refractivity contribution in [2.75, 3.05) is 39.3 Å². The molecular formula is C58H57N6O8PSi. The molecule has 0 radical (unpaired) electrons. The number of hydrogen-bond donors (Lipinski definition) is 1. The molecule has 2 bridgehead atoms.